The Bertz CT molecular complexity index is 933. The van der Waals surface area contributed by atoms with Gasteiger partial charge in [0.05, 0.1) is 0 Å². The Morgan fingerprint density at radius 3 is 2.50 bits per heavy atom. The fourth-order valence-electron chi connectivity index (χ4n) is 2.23. The summed E-state index contributed by atoms with van der Waals surface area (Å²) < 4.78 is 13.0. The van der Waals surface area contributed by atoms with Crippen molar-refractivity contribution >= 4 is 11.3 Å². The maximum atomic E-state index is 13.0. The molecule has 108 valence electrons. The summed E-state index contributed by atoms with van der Waals surface area (Å²) >= 11 is 1.52. The molecule has 5 heteroatoms. The fourth-order valence-corrected chi connectivity index (χ4v) is 3.12. The smallest absolute Gasteiger partial charge is 0.267 e. The molecule has 0 unspecified atom stereocenters. The number of hydrogen-bond donors (Lipinski definition) is 1. The van der Waals surface area contributed by atoms with Crippen LogP contribution in [0, 0.1) is 24.1 Å². The lowest BCUT2D eigenvalue weighted by Gasteiger charge is -2.06. The van der Waals surface area contributed by atoms with Gasteiger partial charge in [0.15, 0.2) is 0 Å². The van der Waals surface area contributed by atoms with Gasteiger partial charge in [-0.2, -0.15) is 5.26 Å². The van der Waals surface area contributed by atoms with E-state index < -0.39 is 5.56 Å². The summed E-state index contributed by atoms with van der Waals surface area (Å²) in [5.74, 6) is -0.339. The predicted octanol–water partition coefficient (Wildman–Crippen LogP) is 4.09. The minimum Gasteiger partial charge on any atom is -0.321 e. The lowest BCUT2D eigenvalue weighted by Crippen LogP contribution is -2.12. The van der Waals surface area contributed by atoms with Gasteiger partial charge in [0.25, 0.3) is 5.56 Å². The standard InChI is InChI=1S/C17H11FN2OS/c1-10-2-7-16(22-10)13-8-15(20-17(21)14(13)9-19)11-3-5-12(18)6-4-11/h2-8H,1H3,(H,20,21). The Morgan fingerprint density at radius 2 is 1.91 bits per heavy atom. The molecule has 1 aromatic carbocycles. The molecule has 0 bridgehead atoms. The van der Waals surface area contributed by atoms with Gasteiger partial charge in [-0.25, -0.2) is 4.39 Å². The largest absolute Gasteiger partial charge is 0.321 e. The van der Waals surface area contributed by atoms with Crippen LogP contribution in [0.4, 0.5) is 4.39 Å². The van der Waals surface area contributed by atoms with Crippen molar-refractivity contribution in [2.45, 2.75) is 6.92 Å². The van der Waals surface area contributed by atoms with E-state index in [-0.39, 0.29) is 11.4 Å². The van der Waals surface area contributed by atoms with Crippen molar-refractivity contribution in [2.75, 3.05) is 0 Å². The van der Waals surface area contributed by atoms with Crippen LogP contribution < -0.4 is 5.56 Å². The number of rotatable bonds is 2. The third-order valence-corrected chi connectivity index (χ3v) is 4.34. The van der Waals surface area contributed by atoms with Crippen LogP contribution >= 0.6 is 11.3 Å². The highest BCUT2D eigenvalue weighted by molar-refractivity contribution is 7.15. The van der Waals surface area contributed by atoms with Crippen molar-refractivity contribution < 1.29 is 4.39 Å². The Labute approximate surface area is 130 Å². The van der Waals surface area contributed by atoms with Gasteiger partial charge >= 0.3 is 0 Å². The first kappa shape index (κ1) is 14.2. The van der Waals surface area contributed by atoms with Crippen molar-refractivity contribution in [1.29, 1.82) is 5.26 Å². The molecular weight excluding hydrogens is 299 g/mol. The van der Waals surface area contributed by atoms with Crippen molar-refractivity contribution in [3.8, 4) is 27.8 Å². The third kappa shape index (κ3) is 2.57. The predicted molar refractivity (Wildman–Crippen MR) is 85.2 cm³/mol. The Hall–Kier alpha value is -2.71. The van der Waals surface area contributed by atoms with Gasteiger partial charge < -0.3 is 4.98 Å². The van der Waals surface area contributed by atoms with Crippen LogP contribution in [0.1, 0.15) is 10.4 Å². The van der Waals surface area contributed by atoms with Crippen molar-refractivity contribution in [1.82, 2.24) is 4.98 Å². The van der Waals surface area contributed by atoms with Crippen LogP contribution in [0.25, 0.3) is 21.7 Å². The average Bonchev–Trinajstić information content (AvgIpc) is 2.93. The summed E-state index contributed by atoms with van der Waals surface area (Å²) in [7, 11) is 0. The zero-order chi connectivity index (χ0) is 15.7. The molecule has 0 atom stereocenters. The monoisotopic (exact) mass is 310 g/mol. The van der Waals surface area contributed by atoms with E-state index in [1.54, 1.807) is 18.2 Å². The summed E-state index contributed by atoms with van der Waals surface area (Å²) in [6.07, 6.45) is 0. The van der Waals surface area contributed by atoms with Crippen molar-refractivity contribution in [3.63, 3.8) is 0 Å². The third-order valence-electron chi connectivity index (χ3n) is 3.31. The molecule has 0 saturated carbocycles. The number of pyridine rings is 1. The van der Waals surface area contributed by atoms with E-state index in [4.69, 9.17) is 0 Å². The molecule has 3 rings (SSSR count). The van der Waals surface area contributed by atoms with Gasteiger partial charge in [0.1, 0.15) is 17.4 Å². The van der Waals surface area contributed by atoms with Gasteiger partial charge in [0, 0.05) is 21.0 Å². The number of nitriles is 1. The maximum Gasteiger partial charge on any atom is 0.267 e. The molecular formula is C17H11FN2OS. The van der Waals surface area contributed by atoms with Gasteiger partial charge in [-0.1, -0.05) is 0 Å². The first-order valence-electron chi connectivity index (χ1n) is 6.58. The minimum atomic E-state index is -0.439. The summed E-state index contributed by atoms with van der Waals surface area (Å²) in [6.45, 7) is 1.97. The number of hydrogen-bond acceptors (Lipinski definition) is 3. The number of H-pyrrole nitrogens is 1. The van der Waals surface area contributed by atoms with Gasteiger partial charge in [-0.05, 0) is 55.0 Å². The molecule has 1 N–H and O–H groups in total. The Morgan fingerprint density at radius 1 is 1.18 bits per heavy atom. The van der Waals surface area contributed by atoms with Gasteiger partial charge in [-0.3, -0.25) is 4.79 Å². The Balaban J connectivity index is 2.23. The lowest BCUT2D eigenvalue weighted by atomic mass is 10.0. The van der Waals surface area contributed by atoms with E-state index in [9.17, 15) is 14.4 Å². The number of nitrogens with one attached hydrogen (secondary N) is 1. The quantitative estimate of drug-likeness (QED) is 0.775. The van der Waals surface area contributed by atoms with E-state index in [2.05, 4.69) is 4.98 Å². The highest BCUT2D eigenvalue weighted by Crippen LogP contribution is 2.31. The van der Waals surface area contributed by atoms with Gasteiger partial charge in [-0.15, -0.1) is 11.3 Å². The van der Waals surface area contributed by atoms with Crippen LogP contribution in [-0.2, 0) is 0 Å². The second kappa shape index (κ2) is 5.58. The van der Waals surface area contributed by atoms with Crippen LogP contribution in [0.15, 0.2) is 47.3 Å². The van der Waals surface area contributed by atoms with E-state index >= 15 is 0 Å². The van der Waals surface area contributed by atoms with E-state index in [1.165, 1.54) is 23.5 Å². The molecule has 3 aromatic rings. The first-order valence-corrected chi connectivity index (χ1v) is 7.40. The van der Waals surface area contributed by atoms with Crippen molar-refractivity contribution in [3.05, 3.63) is 69.1 Å². The summed E-state index contributed by atoms with van der Waals surface area (Å²) in [6, 6.07) is 13.4. The molecule has 0 spiro atoms. The number of halogens is 1. The molecule has 0 amide bonds. The lowest BCUT2D eigenvalue weighted by molar-refractivity contribution is 0.628. The molecule has 3 nitrogen and oxygen atoms in total. The normalized spacial score (nSPS) is 10.4. The summed E-state index contributed by atoms with van der Waals surface area (Å²) in [5, 5.41) is 9.25. The second-order valence-electron chi connectivity index (χ2n) is 4.83. The molecule has 0 radical (unpaired) electrons. The highest BCUT2D eigenvalue weighted by atomic mass is 32.1. The second-order valence-corrected chi connectivity index (χ2v) is 6.12. The summed E-state index contributed by atoms with van der Waals surface area (Å²) in [5.41, 5.74) is 1.50. The number of thiophene rings is 1. The number of nitrogens with zero attached hydrogens (tertiary/aromatic N) is 1. The minimum absolute atomic E-state index is 0.0905. The first-order chi connectivity index (χ1) is 10.6. The SMILES string of the molecule is Cc1ccc(-c2cc(-c3ccc(F)cc3)[nH]c(=O)c2C#N)s1. The van der Waals surface area contributed by atoms with Crippen molar-refractivity contribution in [2.24, 2.45) is 0 Å². The molecule has 2 aromatic heterocycles. The average molecular weight is 310 g/mol. The van der Waals surface area contributed by atoms with E-state index in [1.807, 2.05) is 25.1 Å². The zero-order valence-corrected chi connectivity index (χ0v) is 12.5. The fraction of sp³-hybridized carbons (Fsp3) is 0.0588. The topological polar surface area (TPSA) is 56.6 Å². The van der Waals surface area contributed by atoms with Gasteiger partial charge in [0.2, 0.25) is 0 Å². The molecule has 0 aliphatic carbocycles. The molecule has 0 saturated heterocycles. The number of aromatic amines is 1. The zero-order valence-electron chi connectivity index (χ0n) is 11.7. The molecule has 0 fully saturated rings. The van der Waals surface area contributed by atoms with Crippen LogP contribution in [0.2, 0.25) is 0 Å². The number of aryl methyl sites for hydroxylation is 1. The molecule has 0 aliphatic rings. The number of benzene rings is 1. The molecule has 2 heterocycles. The molecule has 0 aliphatic heterocycles. The summed E-state index contributed by atoms with van der Waals surface area (Å²) in [4.78, 5) is 16.8. The van der Waals surface area contributed by atoms with Crippen LogP contribution in [-0.4, -0.2) is 4.98 Å². The van der Waals surface area contributed by atoms with E-state index in [0.29, 0.717) is 16.8 Å². The van der Waals surface area contributed by atoms with Crippen LogP contribution in [0.3, 0.4) is 0 Å². The Kier molecular flexibility index (Phi) is 3.61. The van der Waals surface area contributed by atoms with E-state index in [0.717, 1.165) is 9.75 Å². The van der Waals surface area contributed by atoms with Crippen LogP contribution in [0.5, 0.6) is 0 Å². The highest BCUT2D eigenvalue weighted by Gasteiger charge is 2.13. The molecule has 22 heavy (non-hydrogen) atoms. The number of aromatic nitrogens is 1. The maximum absolute atomic E-state index is 13.0.